The Hall–Kier alpha value is -3.39. The molecule has 0 bridgehead atoms. The van der Waals surface area contributed by atoms with Gasteiger partial charge in [0.1, 0.15) is 5.60 Å². The van der Waals surface area contributed by atoms with Crippen LogP contribution in [0.5, 0.6) is 0 Å². The summed E-state index contributed by atoms with van der Waals surface area (Å²) in [5, 5.41) is 20.4. The van der Waals surface area contributed by atoms with Gasteiger partial charge in [0.05, 0.1) is 11.1 Å². The normalized spacial score (nSPS) is 10.5. The Morgan fingerprint density at radius 1 is 0.871 bits per heavy atom. The predicted molar refractivity (Wildman–Crippen MR) is 117 cm³/mol. The van der Waals surface area contributed by atoms with Crippen molar-refractivity contribution in [2.24, 2.45) is 0 Å². The molecule has 8 nitrogen and oxygen atoms in total. The molecule has 0 spiro atoms. The van der Waals surface area contributed by atoms with E-state index < -0.39 is 23.6 Å². The average Bonchev–Trinajstić information content (AvgIpc) is 2.68. The zero-order chi connectivity index (χ0) is 23.6. The van der Waals surface area contributed by atoms with E-state index in [0.29, 0.717) is 12.1 Å². The number of carboxylic acids is 2. The first-order chi connectivity index (χ1) is 14.4. The van der Waals surface area contributed by atoms with Crippen LogP contribution in [-0.4, -0.2) is 52.8 Å². The van der Waals surface area contributed by atoms with Gasteiger partial charge >= 0.3 is 18.0 Å². The first-order valence-corrected chi connectivity index (χ1v) is 9.66. The number of ether oxygens (including phenoxy) is 1. The van der Waals surface area contributed by atoms with E-state index in [0.717, 1.165) is 17.7 Å². The SMILES string of the molecule is CN(Cc1ccc(C(=O)O)cc1)C(=O)OC(C)(C)C.CNCc1ccc(C(=O)O)cc1. The molecule has 0 heterocycles. The molecule has 0 aromatic heterocycles. The monoisotopic (exact) mass is 430 g/mol. The second kappa shape index (κ2) is 11.7. The zero-order valence-corrected chi connectivity index (χ0v) is 18.5. The van der Waals surface area contributed by atoms with Crippen molar-refractivity contribution in [2.45, 2.75) is 39.5 Å². The van der Waals surface area contributed by atoms with Crippen molar-refractivity contribution in [2.75, 3.05) is 14.1 Å². The van der Waals surface area contributed by atoms with Crippen molar-refractivity contribution in [3.05, 3.63) is 70.8 Å². The van der Waals surface area contributed by atoms with Crippen LogP contribution in [0.2, 0.25) is 0 Å². The molecular weight excluding hydrogens is 400 g/mol. The van der Waals surface area contributed by atoms with Gasteiger partial charge in [0.2, 0.25) is 0 Å². The number of amides is 1. The molecule has 0 unspecified atom stereocenters. The Bertz CT molecular complexity index is 870. The van der Waals surface area contributed by atoms with E-state index in [4.69, 9.17) is 14.9 Å². The van der Waals surface area contributed by atoms with Crippen LogP contribution in [0.25, 0.3) is 0 Å². The quantitative estimate of drug-likeness (QED) is 0.637. The largest absolute Gasteiger partial charge is 0.478 e. The van der Waals surface area contributed by atoms with Crippen molar-refractivity contribution in [1.29, 1.82) is 0 Å². The van der Waals surface area contributed by atoms with E-state index in [2.05, 4.69) is 5.32 Å². The Balaban J connectivity index is 0.000000343. The van der Waals surface area contributed by atoms with Gasteiger partial charge in [-0.15, -0.1) is 0 Å². The van der Waals surface area contributed by atoms with Gasteiger partial charge in [-0.3, -0.25) is 0 Å². The maximum atomic E-state index is 11.7. The van der Waals surface area contributed by atoms with Gasteiger partial charge in [-0.05, 0) is 63.2 Å². The highest BCUT2D eigenvalue weighted by Crippen LogP contribution is 2.12. The minimum atomic E-state index is -0.966. The van der Waals surface area contributed by atoms with Crippen LogP contribution in [0.3, 0.4) is 0 Å². The number of nitrogens with zero attached hydrogens (tertiary/aromatic N) is 1. The Kier molecular flexibility index (Phi) is 9.69. The van der Waals surface area contributed by atoms with Gasteiger partial charge in [0.25, 0.3) is 0 Å². The lowest BCUT2D eigenvalue weighted by Gasteiger charge is -2.24. The number of hydrogen-bond donors (Lipinski definition) is 3. The summed E-state index contributed by atoms with van der Waals surface area (Å²) in [7, 11) is 3.49. The van der Waals surface area contributed by atoms with Gasteiger partial charge in [0.15, 0.2) is 0 Å². The van der Waals surface area contributed by atoms with Crippen LogP contribution < -0.4 is 5.32 Å². The van der Waals surface area contributed by atoms with Gasteiger partial charge in [-0.1, -0.05) is 24.3 Å². The number of carbonyl (C=O) groups excluding carboxylic acids is 1. The van der Waals surface area contributed by atoms with Gasteiger partial charge < -0.3 is 25.2 Å². The van der Waals surface area contributed by atoms with Crippen molar-refractivity contribution in [3.63, 3.8) is 0 Å². The molecule has 31 heavy (non-hydrogen) atoms. The summed E-state index contributed by atoms with van der Waals surface area (Å²) in [6.45, 7) is 6.55. The van der Waals surface area contributed by atoms with E-state index in [9.17, 15) is 14.4 Å². The molecule has 0 atom stereocenters. The third-order valence-electron chi connectivity index (χ3n) is 3.91. The van der Waals surface area contributed by atoms with Gasteiger partial charge in [0, 0.05) is 20.1 Å². The van der Waals surface area contributed by atoms with Gasteiger partial charge in [-0.25, -0.2) is 14.4 Å². The Labute approximate surface area is 182 Å². The van der Waals surface area contributed by atoms with Crippen molar-refractivity contribution in [1.82, 2.24) is 10.2 Å². The summed E-state index contributed by atoms with van der Waals surface area (Å²) in [6, 6.07) is 13.2. The Morgan fingerprint density at radius 2 is 1.29 bits per heavy atom. The standard InChI is InChI=1S/C14H19NO4.C9H11NO2/c1-14(2,3)19-13(18)15(4)9-10-5-7-11(8-6-10)12(16)17;1-10-6-7-2-4-8(5-3-7)9(11)12/h5-8H,9H2,1-4H3,(H,16,17);2-5,10H,6H2,1H3,(H,11,12). The zero-order valence-electron chi connectivity index (χ0n) is 18.5. The lowest BCUT2D eigenvalue weighted by Crippen LogP contribution is -2.33. The number of carbonyl (C=O) groups is 3. The molecule has 168 valence electrons. The molecule has 0 aliphatic rings. The molecule has 0 aliphatic heterocycles. The highest BCUT2D eigenvalue weighted by atomic mass is 16.6. The number of nitrogens with one attached hydrogen (secondary N) is 1. The van der Waals surface area contributed by atoms with Crippen molar-refractivity contribution < 1.29 is 29.3 Å². The second-order valence-electron chi connectivity index (χ2n) is 7.87. The van der Waals surface area contributed by atoms with Crippen molar-refractivity contribution >= 4 is 18.0 Å². The first-order valence-electron chi connectivity index (χ1n) is 9.66. The molecule has 0 radical (unpaired) electrons. The van der Waals surface area contributed by atoms with Crippen LogP contribution in [0, 0.1) is 0 Å². The molecule has 2 rings (SSSR count). The number of hydrogen-bond acceptors (Lipinski definition) is 5. The summed E-state index contributed by atoms with van der Waals surface area (Å²) in [5.74, 6) is -1.85. The molecule has 0 aliphatic carbocycles. The highest BCUT2D eigenvalue weighted by Gasteiger charge is 2.19. The topological polar surface area (TPSA) is 116 Å². The molecule has 1 amide bonds. The number of carboxylic acid groups (broad SMARTS) is 2. The number of rotatable bonds is 6. The van der Waals surface area contributed by atoms with E-state index in [-0.39, 0.29) is 5.56 Å². The minimum absolute atomic E-state index is 0.226. The molecule has 0 fully saturated rings. The van der Waals surface area contributed by atoms with Crippen LogP contribution >= 0.6 is 0 Å². The summed E-state index contributed by atoms with van der Waals surface area (Å²) in [6.07, 6.45) is -0.408. The third-order valence-corrected chi connectivity index (χ3v) is 3.91. The third kappa shape index (κ3) is 9.77. The average molecular weight is 431 g/mol. The van der Waals surface area contributed by atoms with Crippen molar-refractivity contribution in [3.8, 4) is 0 Å². The fraction of sp³-hybridized carbons (Fsp3) is 0.348. The first kappa shape index (κ1) is 25.6. The second-order valence-corrected chi connectivity index (χ2v) is 7.87. The molecule has 2 aromatic carbocycles. The molecular formula is C23H30N2O6. The van der Waals surface area contributed by atoms with Crippen LogP contribution in [0.4, 0.5) is 4.79 Å². The van der Waals surface area contributed by atoms with E-state index in [1.165, 1.54) is 17.0 Å². The molecule has 0 saturated carbocycles. The van der Waals surface area contributed by atoms with E-state index in [1.807, 2.05) is 7.05 Å². The number of aromatic carboxylic acids is 2. The van der Waals surface area contributed by atoms with Crippen LogP contribution in [-0.2, 0) is 17.8 Å². The minimum Gasteiger partial charge on any atom is -0.478 e. The maximum Gasteiger partial charge on any atom is 0.410 e. The fourth-order valence-corrected chi connectivity index (χ4v) is 2.40. The molecule has 0 saturated heterocycles. The lowest BCUT2D eigenvalue weighted by atomic mass is 10.1. The predicted octanol–water partition coefficient (Wildman–Crippen LogP) is 3.86. The lowest BCUT2D eigenvalue weighted by molar-refractivity contribution is 0.0284. The highest BCUT2D eigenvalue weighted by molar-refractivity contribution is 5.88. The smallest absolute Gasteiger partial charge is 0.410 e. The molecule has 3 N–H and O–H groups in total. The van der Waals surface area contributed by atoms with Gasteiger partial charge in [-0.2, -0.15) is 0 Å². The maximum absolute atomic E-state index is 11.7. The van der Waals surface area contributed by atoms with Crippen LogP contribution in [0.15, 0.2) is 48.5 Å². The van der Waals surface area contributed by atoms with E-state index in [1.54, 1.807) is 64.2 Å². The van der Waals surface area contributed by atoms with E-state index >= 15 is 0 Å². The summed E-state index contributed by atoms with van der Waals surface area (Å²) in [4.78, 5) is 34.4. The summed E-state index contributed by atoms with van der Waals surface area (Å²) in [5.41, 5.74) is 1.96. The summed E-state index contributed by atoms with van der Waals surface area (Å²) >= 11 is 0. The molecule has 8 heteroatoms. The Morgan fingerprint density at radius 3 is 1.65 bits per heavy atom. The number of benzene rings is 2. The molecule has 2 aromatic rings. The summed E-state index contributed by atoms with van der Waals surface area (Å²) < 4.78 is 5.23. The van der Waals surface area contributed by atoms with Crippen LogP contribution in [0.1, 0.15) is 52.6 Å². The fourth-order valence-electron chi connectivity index (χ4n) is 2.40.